The molecule has 6 nitrogen and oxygen atoms in total. The Morgan fingerprint density at radius 1 is 0.636 bits per heavy atom. The summed E-state index contributed by atoms with van der Waals surface area (Å²) in [6.07, 6.45) is 32.1. The first-order chi connectivity index (χ1) is 21.5. The number of carboxylic acids is 1. The van der Waals surface area contributed by atoms with Crippen molar-refractivity contribution in [3.63, 3.8) is 0 Å². The lowest BCUT2D eigenvalue weighted by atomic mass is 9.99. The summed E-state index contributed by atoms with van der Waals surface area (Å²) in [5.41, 5.74) is 0. The van der Waals surface area contributed by atoms with Crippen molar-refractivity contribution in [3.05, 3.63) is 0 Å². The number of carboxylic acid groups (broad SMARTS) is 1. The molecule has 0 aromatic rings. The molecule has 0 aromatic carbocycles. The minimum Gasteiger partial charge on any atom is -0.481 e. The van der Waals surface area contributed by atoms with Gasteiger partial charge >= 0.3 is 11.9 Å². The van der Waals surface area contributed by atoms with Gasteiger partial charge in [0.2, 0.25) is 0 Å². The van der Waals surface area contributed by atoms with Gasteiger partial charge in [-0.2, -0.15) is 0 Å². The van der Waals surface area contributed by atoms with Crippen LogP contribution in [0.1, 0.15) is 194 Å². The number of esters is 1. The van der Waals surface area contributed by atoms with E-state index in [4.69, 9.17) is 14.6 Å². The van der Waals surface area contributed by atoms with Crippen LogP contribution in [0.4, 0.5) is 0 Å². The van der Waals surface area contributed by atoms with Gasteiger partial charge in [-0.1, -0.05) is 129 Å². The first-order valence-corrected chi connectivity index (χ1v) is 19.3. The molecule has 1 atom stereocenters. The van der Waals surface area contributed by atoms with Crippen molar-refractivity contribution in [2.24, 2.45) is 5.92 Å². The zero-order chi connectivity index (χ0) is 31.9. The van der Waals surface area contributed by atoms with Crippen LogP contribution >= 0.6 is 0 Å². The summed E-state index contributed by atoms with van der Waals surface area (Å²) in [5, 5.41) is 12.6. The summed E-state index contributed by atoms with van der Waals surface area (Å²) in [4.78, 5) is 23.4. The number of nitrogens with one attached hydrogen (secondary N) is 1. The molecule has 0 spiro atoms. The molecule has 1 unspecified atom stereocenters. The molecule has 1 aliphatic heterocycles. The Kier molecular flexibility index (Phi) is 28.3. The molecule has 0 aromatic heterocycles. The zero-order valence-electron chi connectivity index (χ0n) is 29.2. The molecule has 44 heavy (non-hydrogen) atoms. The third-order valence-corrected chi connectivity index (χ3v) is 9.34. The maximum Gasteiger partial charge on any atom is 0.306 e. The van der Waals surface area contributed by atoms with Crippen molar-refractivity contribution in [1.29, 1.82) is 0 Å². The Hall–Kier alpha value is -1.14. The van der Waals surface area contributed by atoms with Crippen LogP contribution in [0.25, 0.3) is 0 Å². The van der Waals surface area contributed by atoms with E-state index in [1.54, 1.807) is 0 Å². The molecule has 0 bridgehead atoms. The van der Waals surface area contributed by atoms with Crippen molar-refractivity contribution in [2.75, 3.05) is 19.8 Å². The van der Waals surface area contributed by atoms with Gasteiger partial charge in [0.05, 0.1) is 13.2 Å². The third kappa shape index (κ3) is 26.1. The highest BCUT2D eigenvalue weighted by molar-refractivity contribution is 5.69. The Labute approximate surface area is 272 Å². The van der Waals surface area contributed by atoms with Gasteiger partial charge in [-0.25, -0.2) is 0 Å². The predicted molar refractivity (Wildman–Crippen MR) is 184 cm³/mol. The van der Waals surface area contributed by atoms with Crippen LogP contribution in [0, 0.1) is 5.92 Å². The normalized spacial score (nSPS) is 14.2. The molecule has 1 heterocycles. The lowest BCUT2D eigenvalue weighted by molar-refractivity contribution is -0.150. The van der Waals surface area contributed by atoms with Crippen molar-refractivity contribution in [3.8, 4) is 0 Å². The van der Waals surface area contributed by atoms with E-state index in [2.05, 4.69) is 19.2 Å². The van der Waals surface area contributed by atoms with Gasteiger partial charge in [-0.3, -0.25) is 9.59 Å². The van der Waals surface area contributed by atoms with E-state index in [1.165, 1.54) is 122 Å². The number of hydrogen-bond acceptors (Lipinski definition) is 5. The van der Waals surface area contributed by atoms with E-state index in [0.717, 1.165) is 64.7 Å². The van der Waals surface area contributed by atoms with Gasteiger partial charge in [0.15, 0.2) is 0 Å². The second kappa shape index (κ2) is 30.5. The van der Waals surface area contributed by atoms with Crippen molar-refractivity contribution in [2.45, 2.75) is 206 Å². The molecular formula is C38H73NO5. The number of carbonyl (C=O) groups excluding carboxylic acids is 1. The second-order valence-corrected chi connectivity index (χ2v) is 13.7. The van der Waals surface area contributed by atoms with Gasteiger partial charge < -0.3 is 19.9 Å². The molecule has 1 aliphatic rings. The molecule has 0 aliphatic carbocycles. The molecule has 260 valence electrons. The molecule has 1 rings (SSSR count). The van der Waals surface area contributed by atoms with Gasteiger partial charge in [-0.15, -0.1) is 0 Å². The fourth-order valence-corrected chi connectivity index (χ4v) is 6.28. The number of carbonyl (C=O) groups is 2. The summed E-state index contributed by atoms with van der Waals surface area (Å²) in [7, 11) is 0. The smallest absolute Gasteiger partial charge is 0.306 e. The minimum atomic E-state index is -0.680. The van der Waals surface area contributed by atoms with E-state index >= 15 is 0 Å². The fourth-order valence-electron chi connectivity index (χ4n) is 6.28. The van der Waals surface area contributed by atoms with Crippen LogP contribution in [0.3, 0.4) is 0 Å². The van der Waals surface area contributed by atoms with Crippen LogP contribution < -0.4 is 5.32 Å². The molecule has 0 saturated carbocycles. The first kappa shape index (κ1) is 40.9. The minimum absolute atomic E-state index is 0.0270. The number of unbranched alkanes of at least 4 members (excludes halogenated alkanes) is 18. The summed E-state index contributed by atoms with van der Waals surface area (Å²) < 4.78 is 11.4. The SMILES string of the molecule is CCCCCCCCC(CCCCCCCC)OC(=O)CCCCCCCC(CCCCCCCC(=O)O)NCC1COC1. The predicted octanol–water partition coefficient (Wildman–Crippen LogP) is 10.5. The van der Waals surface area contributed by atoms with Crippen molar-refractivity contribution in [1.82, 2.24) is 5.32 Å². The van der Waals surface area contributed by atoms with Crippen LogP contribution in [0.15, 0.2) is 0 Å². The van der Waals surface area contributed by atoms with Crippen molar-refractivity contribution < 1.29 is 24.2 Å². The quantitative estimate of drug-likeness (QED) is 0.0548. The van der Waals surface area contributed by atoms with E-state index in [-0.39, 0.29) is 12.1 Å². The standard InChI is InChI=1S/C38H73NO5/c1-3-5-7-9-15-21-27-36(28-22-16-10-8-6-4-2)44-38(42)30-24-18-12-14-20-26-35(39-31-34-32-43-33-34)25-19-13-11-17-23-29-37(40)41/h34-36,39H,3-33H2,1-2H3,(H,40,41). The Morgan fingerprint density at radius 3 is 1.52 bits per heavy atom. The summed E-state index contributed by atoms with van der Waals surface area (Å²) in [6, 6.07) is 0.569. The summed E-state index contributed by atoms with van der Waals surface area (Å²) >= 11 is 0. The maximum absolute atomic E-state index is 12.7. The topological polar surface area (TPSA) is 84.9 Å². The Balaban J connectivity index is 2.21. The van der Waals surface area contributed by atoms with E-state index in [0.29, 0.717) is 24.8 Å². The van der Waals surface area contributed by atoms with Crippen LogP contribution in [-0.4, -0.2) is 48.9 Å². The van der Waals surface area contributed by atoms with E-state index in [9.17, 15) is 9.59 Å². The fraction of sp³-hybridized carbons (Fsp3) is 0.947. The molecule has 0 radical (unpaired) electrons. The first-order valence-electron chi connectivity index (χ1n) is 19.3. The zero-order valence-corrected chi connectivity index (χ0v) is 29.2. The third-order valence-electron chi connectivity index (χ3n) is 9.34. The van der Waals surface area contributed by atoms with E-state index < -0.39 is 5.97 Å². The van der Waals surface area contributed by atoms with Crippen molar-refractivity contribution >= 4 is 11.9 Å². The molecule has 1 fully saturated rings. The average molecular weight is 624 g/mol. The molecule has 6 heteroatoms. The monoisotopic (exact) mass is 624 g/mol. The van der Waals surface area contributed by atoms with Crippen LogP contribution in [0.2, 0.25) is 0 Å². The van der Waals surface area contributed by atoms with Gasteiger partial charge in [0.25, 0.3) is 0 Å². The number of ether oxygens (including phenoxy) is 2. The lowest BCUT2D eigenvalue weighted by Crippen LogP contribution is -2.41. The molecular weight excluding hydrogens is 550 g/mol. The highest BCUT2D eigenvalue weighted by Gasteiger charge is 2.19. The van der Waals surface area contributed by atoms with Gasteiger partial charge in [-0.05, 0) is 51.4 Å². The molecule has 0 amide bonds. The Morgan fingerprint density at radius 2 is 1.07 bits per heavy atom. The second-order valence-electron chi connectivity index (χ2n) is 13.7. The van der Waals surface area contributed by atoms with Crippen LogP contribution in [-0.2, 0) is 19.1 Å². The largest absolute Gasteiger partial charge is 0.481 e. The van der Waals surface area contributed by atoms with Crippen LogP contribution in [0.5, 0.6) is 0 Å². The number of aliphatic carboxylic acids is 1. The van der Waals surface area contributed by atoms with Gasteiger partial charge in [0, 0.05) is 31.3 Å². The molecule has 1 saturated heterocycles. The molecule has 2 N–H and O–H groups in total. The maximum atomic E-state index is 12.7. The highest BCUT2D eigenvalue weighted by atomic mass is 16.5. The Bertz CT molecular complexity index is 637. The summed E-state index contributed by atoms with van der Waals surface area (Å²) in [5.74, 6) is 0.0176. The number of hydrogen-bond donors (Lipinski definition) is 2. The number of rotatable bonds is 34. The average Bonchev–Trinajstić information content (AvgIpc) is 2.98. The summed E-state index contributed by atoms with van der Waals surface area (Å²) in [6.45, 7) is 7.37. The lowest BCUT2D eigenvalue weighted by Gasteiger charge is -2.29. The van der Waals surface area contributed by atoms with E-state index in [1.807, 2.05) is 0 Å². The van der Waals surface area contributed by atoms with Gasteiger partial charge in [0.1, 0.15) is 6.10 Å². The highest BCUT2D eigenvalue weighted by Crippen LogP contribution is 2.19.